The molecule has 0 radical (unpaired) electrons. The van der Waals surface area contributed by atoms with Gasteiger partial charge in [0.25, 0.3) is 0 Å². The largest absolute Gasteiger partial charge is 0.344 e. The first kappa shape index (κ1) is 15.4. The van der Waals surface area contributed by atoms with E-state index in [-0.39, 0.29) is 17.9 Å². The minimum Gasteiger partial charge on any atom is -0.344 e. The predicted octanol–water partition coefficient (Wildman–Crippen LogP) is 3.08. The maximum atomic E-state index is 12.1. The lowest BCUT2D eigenvalue weighted by Crippen LogP contribution is -2.37. The first-order chi connectivity index (χ1) is 10.7. The van der Waals surface area contributed by atoms with Crippen LogP contribution < -0.4 is 10.6 Å². The van der Waals surface area contributed by atoms with Crippen LogP contribution >= 0.6 is 11.8 Å². The lowest BCUT2D eigenvalue weighted by Gasteiger charge is -2.13. The molecule has 1 atom stereocenters. The quantitative estimate of drug-likeness (QED) is 0.877. The molecule has 4 nitrogen and oxygen atoms in total. The van der Waals surface area contributed by atoms with Crippen LogP contribution in [-0.4, -0.2) is 23.1 Å². The Kier molecular flexibility index (Phi) is 5.03. The molecule has 22 heavy (non-hydrogen) atoms. The fourth-order valence-corrected chi connectivity index (χ4v) is 4.32. The van der Waals surface area contributed by atoms with Crippen LogP contribution in [0, 0.1) is 0 Å². The van der Waals surface area contributed by atoms with Crippen molar-refractivity contribution < 1.29 is 9.59 Å². The molecule has 1 aromatic carbocycles. The highest BCUT2D eigenvalue weighted by molar-refractivity contribution is 7.99. The van der Waals surface area contributed by atoms with Gasteiger partial charge in [0.2, 0.25) is 11.8 Å². The molecule has 1 aliphatic carbocycles. The van der Waals surface area contributed by atoms with Gasteiger partial charge in [-0.3, -0.25) is 9.59 Å². The molecule has 1 aromatic rings. The molecule has 2 aliphatic rings. The van der Waals surface area contributed by atoms with E-state index in [1.165, 1.54) is 31.2 Å². The average molecular weight is 318 g/mol. The first-order valence-electron chi connectivity index (χ1n) is 8.01. The van der Waals surface area contributed by atoms with Crippen LogP contribution in [0.2, 0.25) is 0 Å². The Morgan fingerprint density at radius 1 is 1.27 bits per heavy atom. The summed E-state index contributed by atoms with van der Waals surface area (Å²) in [5, 5.41) is 6.40. The number of hydrogen-bond acceptors (Lipinski definition) is 3. The fraction of sp³-hybridized carbons (Fsp3) is 0.529. The second kappa shape index (κ2) is 7.18. The van der Waals surface area contributed by atoms with E-state index in [9.17, 15) is 9.59 Å². The van der Waals surface area contributed by atoms with Gasteiger partial charge in [0.05, 0.1) is 0 Å². The number of nitrogens with one attached hydrogen (secondary N) is 2. The van der Waals surface area contributed by atoms with Gasteiger partial charge in [-0.15, -0.1) is 0 Å². The van der Waals surface area contributed by atoms with E-state index in [2.05, 4.69) is 16.7 Å². The summed E-state index contributed by atoms with van der Waals surface area (Å²) in [5.41, 5.74) is 2.06. The number of carbonyl (C=O) groups excluding carboxylic acids is 2. The van der Waals surface area contributed by atoms with Gasteiger partial charge < -0.3 is 10.6 Å². The van der Waals surface area contributed by atoms with Crippen LogP contribution in [0.25, 0.3) is 0 Å². The molecule has 0 aromatic heterocycles. The third-order valence-electron chi connectivity index (χ3n) is 4.29. The maximum Gasteiger partial charge on any atom is 0.246 e. The topological polar surface area (TPSA) is 58.2 Å². The van der Waals surface area contributed by atoms with E-state index >= 15 is 0 Å². The van der Waals surface area contributed by atoms with Crippen LogP contribution in [0.15, 0.2) is 24.3 Å². The van der Waals surface area contributed by atoms with Gasteiger partial charge in [0.15, 0.2) is 0 Å². The van der Waals surface area contributed by atoms with E-state index in [0.29, 0.717) is 12.8 Å². The molecule has 1 saturated heterocycles. The van der Waals surface area contributed by atoms with Crippen molar-refractivity contribution in [3.63, 3.8) is 0 Å². The van der Waals surface area contributed by atoms with Crippen LogP contribution in [0.1, 0.15) is 44.1 Å². The smallest absolute Gasteiger partial charge is 0.246 e. The third kappa shape index (κ3) is 4.03. The van der Waals surface area contributed by atoms with Crippen LogP contribution in [0.4, 0.5) is 5.69 Å². The molecule has 2 N–H and O–H groups in total. The number of anilines is 1. The Morgan fingerprint density at radius 2 is 2.09 bits per heavy atom. The summed E-state index contributed by atoms with van der Waals surface area (Å²) in [6.07, 6.45) is 6.42. The molecule has 5 heteroatoms. The zero-order valence-corrected chi connectivity index (χ0v) is 13.5. The Morgan fingerprint density at radius 3 is 2.82 bits per heavy atom. The molecule has 1 aliphatic heterocycles. The zero-order chi connectivity index (χ0) is 15.4. The van der Waals surface area contributed by atoms with Gasteiger partial charge in [0.1, 0.15) is 6.04 Å². The SMILES string of the molecule is O=C1CCC(C(=O)Nc2cccc(CSC3CCCC3)c2)N1. The molecular weight excluding hydrogens is 296 g/mol. The molecule has 2 fully saturated rings. The molecule has 0 spiro atoms. The summed E-state index contributed by atoms with van der Waals surface area (Å²) in [5.74, 6) is 0.836. The van der Waals surface area contributed by atoms with Gasteiger partial charge in [-0.05, 0) is 37.0 Å². The number of benzene rings is 1. The number of rotatable bonds is 5. The van der Waals surface area contributed by atoms with Crippen LogP contribution in [0.3, 0.4) is 0 Å². The molecular formula is C17H22N2O2S. The number of hydrogen-bond donors (Lipinski definition) is 2. The molecule has 1 unspecified atom stereocenters. The van der Waals surface area contributed by atoms with Gasteiger partial charge in [-0.2, -0.15) is 11.8 Å². The van der Waals surface area contributed by atoms with Crippen molar-refractivity contribution in [3.8, 4) is 0 Å². The van der Waals surface area contributed by atoms with E-state index in [1.807, 2.05) is 30.0 Å². The maximum absolute atomic E-state index is 12.1. The summed E-state index contributed by atoms with van der Waals surface area (Å²) in [6, 6.07) is 7.64. The fourth-order valence-electron chi connectivity index (χ4n) is 3.05. The van der Waals surface area contributed by atoms with Crippen molar-refractivity contribution in [2.75, 3.05) is 5.32 Å². The van der Waals surface area contributed by atoms with Crippen molar-refractivity contribution in [2.24, 2.45) is 0 Å². The number of thioether (sulfide) groups is 1. The molecule has 2 amide bonds. The second-order valence-electron chi connectivity index (χ2n) is 6.07. The van der Waals surface area contributed by atoms with Gasteiger partial charge in [0, 0.05) is 23.1 Å². The number of amides is 2. The Balaban J connectivity index is 1.54. The highest BCUT2D eigenvalue weighted by atomic mass is 32.2. The summed E-state index contributed by atoms with van der Waals surface area (Å²) in [7, 11) is 0. The highest BCUT2D eigenvalue weighted by Crippen LogP contribution is 2.31. The van der Waals surface area contributed by atoms with Gasteiger partial charge in [-0.1, -0.05) is 25.0 Å². The first-order valence-corrected chi connectivity index (χ1v) is 9.06. The summed E-state index contributed by atoms with van der Waals surface area (Å²) >= 11 is 2.02. The lowest BCUT2D eigenvalue weighted by molar-refractivity contribution is -0.122. The summed E-state index contributed by atoms with van der Waals surface area (Å²) in [6.45, 7) is 0. The molecule has 118 valence electrons. The highest BCUT2D eigenvalue weighted by Gasteiger charge is 2.27. The van der Waals surface area contributed by atoms with E-state index < -0.39 is 0 Å². The Labute approximate surface area is 135 Å². The van der Waals surface area contributed by atoms with Crippen molar-refractivity contribution in [2.45, 2.75) is 55.6 Å². The van der Waals surface area contributed by atoms with Crippen molar-refractivity contribution >= 4 is 29.3 Å². The van der Waals surface area contributed by atoms with Crippen molar-refractivity contribution in [3.05, 3.63) is 29.8 Å². The molecule has 1 saturated carbocycles. The predicted molar refractivity (Wildman–Crippen MR) is 89.8 cm³/mol. The van der Waals surface area contributed by atoms with E-state index in [0.717, 1.165) is 16.7 Å². The standard InChI is InChI=1S/C17H22N2O2S/c20-16-9-8-15(19-16)17(21)18-13-5-3-4-12(10-13)11-22-14-6-1-2-7-14/h3-5,10,14-15H,1-2,6-9,11H2,(H,18,21)(H,19,20). The normalized spacial score (nSPS) is 21.8. The van der Waals surface area contributed by atoms with E-state index in [1.54, 1.807) is 0 Å². The zero-order valence-electron chi connectivity index (χ0n) is 12.6. The number of carbonyl (C=O) groups is 2. The van der Waals surface area contributed by atoms with Gasteiger partial charge in [-0.25, -0.2) is 0 Å². The molecule has 0 bridgehead atoms. The second-order valence-corrected chi connectivity index (χ2v) is 7.35. The monoisotopic (exact) mass is 318 g/mol. The van der Waals surface area contributed by atoms with Crippen molar-refractivity contribution in [1.29, 1.82) is 0 Å². The Hall–Kier alpha value is -1.49. The van der Waals surface area contributed by atoms with Crippen molar-refractivity contribution in [1.82, 2.24) is 5.32 Å². The van der Waals surface area contributed by atoms with Crippen LogP contribution in [0.5, 0.6) is 0 Å². The third-order valence-corrected chi connectivity index (χ3v) is 5.74. The molecule has 1 heterocycles. The summed E-state index contributed by atoms with van der Waals surface area (Å²) in [4.78, 5) is 23.3. The minimum atomic E-state index is -0.385. The molecule has 3 rings (SSSR count). The lowest BCUT2D eigenvalue weighted by atomic mass is 10.2. The minimum absolute atomic E-state index is 0.0399. The van der Waals surface area contributed by atoms with E-state index in [4.69, 9.17) is 0 Å². The van der Waals surface area contributed by atoms with Gasteiger partial charge >= 0.3 is 0 Å². The average Bonchev–Trinajstić information content (AvgIpc) is 3.17. The summed E-state index contributed by atoms with van der Waals surface area (Å²) < 4.78 is 0. The Bertz CT molecular complexity index is 555. The van der Waals surface area contributed by atoms with Crippen LogP contribution in [-0.2, 0) is 15.3 Å².